The highest BCUT2D eigenvalue weighted by Crippen LogP contribution is 2.27. The van der Waals surface area contributed by atoms with Gasteiger partial charge in [-0.1, -0.05) is 20.8 Å². The first-order valence-electron chi connectivity index (χ1n) is 9.78. The summed E-state index contributed by atoms with van der Waals surface area (Å²) in [6.45, 7) is 11.7. The van der Waals surface area contributed by atoms with Crippen LogP contribution in [0.2, 0.25) is 0 Å². The van der Waals surface area contributed by atoms with Crippen LogP contribution < -0.4 is 17.0 Å². The van der Waals surface area contributed by atoms with Crippen molar-refractivity contribution >= 4 is 17.6 Å². The third-order valence-corrected chi connectivity index (χ3v) is 4.34. The quantitative estimate of drug-likeness (QED) is 0.308. The molecular formula is C20H29N7O5. The number of nitrogens with two attached hydrogens (primary N) is 1. The second kappa shape index (κ2) is 10.0. The van der Waals surface area contributed by atoms with Crippen LogP contribution in [-0.4, -0.2) is 33.3 Å². The predicted octanol–water partition coefficient (Wildman–Crippen LogP) is 2.91. The van der Waals surface area contributed by atoms with Gasteiger partial charge < -0.3 is 15.6 Å². The molecule has 1 rings (SSSR count). The van der Waals surface area contributed by atoms with E-state index in [4.69, 9.17) is 5.73 Å². The standard InChI is InChI=1S/C20H29N7O5/c1-10(2)26-16(28)13(17(29)27(11(3)4)19(26)31)24-25-15(23-18(30)32-8)12(9-21)14(22)20(5,6)7/h10-11,28H,22H2,1-8H3. The van der Waals surface area contributed by atoms with Gasteiger partial charge in [0.05, 0.1) is 7.11 Å². The first kappa shape index (κ1) is 26.3. The van der Waals surface area contributed by atoms with Gasteiger partial charge in [-0.25, -0.2) is 9.59 Å². The van der Waals surface area contributed by atoms with E-state index >= 15 is 0 Å². The number of aromatic hydroxyl groups is 1. The van der Waals surface area contributed by atoms with Crippen LogP contribution in [0, 0.1) is 16.7 Å². The molecule has 0 unspecified atom stereocenters. The molecule has 174 valence electrons. The van der Waals surface area contributed by atoms with Gasteiger partial charge in [0.1, 0.15) is 11.6 Å². The zero-order valence-electron chi connectivity index (χ0n) is 19.5. The van der Waals surface area contributed by atoms with E-state index in [9.17, 15) is 24.8 Å². The van der Waals surface area contributed by atoms with E-state index in [-0.39, 0.29) is 11.3 Å². The van der Waals surface area contributed by atoms with Crippen LogP contribution in [0.4, 0.5) is 10.5 Å². The van der Waals surface area contributed by atoms with Crippen LogP contribution in [0.15, 0.2) is 36.1 Å². The van der Waals surface area contributed by atoms with Gasteiger partial charge >= 0.3 is 11.8 Å². The average Bonchev–Trinajstić information content (AvgIpc) is 2.66. The van der Waals surface area contributed by atoms with Gasteiger partial charge in [0.15, 0.2) is 0 Å². The topological polar surface area (TPSA) is 177 Å². The molecule has 12 heteroatoms. The number of aliphatic imine (C=N–C) groups is 1. The first-order chi connectivity index (χ1) is 14.7. The number of amides is 1. The molecule has 3 N–H and O–H groups in total. The third-order valence-electron chi connectivity index (χ3n) is 4.34. The number of nitriles is 1. The number of hydrogen-bond donors (Lipinski definition) is 2. The number of carbonyl (C=O) groups is 1. The van der Waals surface area contributed by atoms with Gasteiger partial charge in [-0.2, -0.15) is 10.3 Å². The molecule has 0 atom stereocenters. The van der Waals surface area contributed by atoms with Gasteiger partial charge in [-0.3, -0.25) is 13.9 Å². The lowest BCUT2D eigenvalue weighted by Gasteiger charge is -2.20. The van der Waals surface area contributed by atoms with E-state index in [1.54, 1.807) is 48.5 Å². The lowest BCUT2D eigenvalue weighted by Crippen LogP contribution is -2.41. The fourth-order valence-corrected chi connectivity index (χ4v) is 2.59. The molecule has 0 aromatic carbocycles. The number of rotatable bonds is 4. The van der Waals surface area contributed by atoms with E-state index in [1.807, 2.05) is 6.07 Å². The molecule has 12 nitrogen and oxygen atoms in total. The fraction of sp³-hybridized carbons (Fsp3) is 0.550. The minimum Gasteiger partial charge on any atom is -0.493 e. The van der Waals surface area contributed by atoms with Crippen molar-refractivity contribution in [2.45, 2.75) is 60.5 Å². The fourth-order valence-electron chi connectivity index (χ4n) is 2.59. The second-order valence-corrected chi connectivity index (χ2v) is 8.44. The highest BCUT2D eigenvalue weighted by Gasteiger charge is 2.25. The van der Waals surface area contributed by atoms with Gasteiger partial charge in [0.25, 0.3) is 5.56 Å². The minimum atomic E-state index is -1.08. The Morgan fingerprint density at radius 3 is 2.09 bits per heavy atom. The zero-order valence-corrected chi connectivity index (χ0v) is 19.5. The van der Waals surface area contributed by atoms with Gasteiger partial charge in [0.2, 0.25) is 17.4 Å². The Balaban J connectivity index is 3.94. The first-order valence-corrected chi connectivity index (χ1v) is 9.78. The number of methoxy groups -OCH3 is 1. The number of carbonyl (C=O) groups excluding carboxylic acids is 1. The number of aromatic nitrogens is 2. The van der Waals surface area contributed by atoms with Crippen molar-refractivity contribution in [1.29, 1.82) is 5.26 Å². The molecule has 1 amide bonds. The summed E-state index contributed by atoms with van der Waals surface area (Å²) >= 11 is 0. The Kier molecular flexibility index (Phi) is 8.25. The highest BCUT2D eigenvalue weighted by atomic mass is 16.5. The largest absolute Gasteiger partial charge is 0.493 e. The summed E-state index contributed by atoms with van der Waals surface area (Å²) in [7, 11) is 1.08. The predicted molar refractivity (Wildman–Crippen MR) is 118 cm³/mol. The normalized spacial score (nSPS) is 13.5. The Bertz CT molecular complexity index is 1140. The molecular weight excluding hydrogens is 418 g/mol. The molecule has 0 aliphatic carbocycles. The molecule has 32 heavy (non-hydrogen) atoms. The number of allylic oxidation sites excluding steroid dienone is 1. The third kappa shape index (κ3) is 5.48. The van der Waals surface area contributed by atoms with E-state index in [0.29, 0.717) is 0 Å². The van der Waals surface area contributed by atoms with Crippen LogP contribution in [0.25, 0.3) is 0 Å². The lowest BCUT2D eigenvalue weighted by atomic mass is 9.89. The SMILES string of the molecule is COC(=O)N=C(N=Nc1c(O)n(C(C)C)c(=O)n(C(C)C)c1=O)C(C#N)=C(N)C(C)(C)C. The molecule has 0 saturated heterocycles. The summed E-state index contributed by atoms with van der Waals surface area (Å²) in [4.78, 5) is 40.8. The molecule has 0 fully saturated rings. The van der Waals surface area contributed by atoms with E-state index in [0.717, 1.165) is 16.2 Å². The molecule has 0 bridgehead atoms. The minimum absolute atomic E-state index is 0.0672. The van der Waals surface area contributed by atoms with Gasteiger partial charge in [-0.15, -0.1) is 10.2 Å². The number of nitrogens with zero attached hydrogens (tertiary/aromatic N) is 6. The molecule has 0 aliphatic heterocycles. The molecule has 0 spiro atoms. The van der Waals surface area contributed by atoms with Crippen molar-refractivity contribution in [1.82, 2.24) is 9.13 Å². The molecule has 0 aliphatic rings. The van der Waals surface area contributed by atoms with E-state index in [1.165, 1.54) is 0 Å². The van der Waals surface area contributed by atoms with Crippen LogP contribution in [0.3, 0.4) is 0 Å². The van der Waals surface area contributed by atoms with Gasteiger partial charge in [-0.05, 0) is 27.7 Å². The maximum absolute atomic E-state index is 12.9. The van der Waals surface area contributed by atoms with Crippen molar-refractivity contribution < 1.29 is 14.6 Å². The summed E-state index contributed by atoms with van der Waals surface area (Å²) in [5.74, 6) is -1.22. The Hall–Kier alpha value is -3.75. The Labute approximate surface area is 185 Å². The highest BCUT2D eigenvalue weighted by molar-refractivity contribution is 6.07. The van der Waals surface area contributed by atoms with E-state index < -0.39 is 52.2 Å². The summed E-state index contributed by atoms with van der Waals surface area (Å²) < 4.78 is 6.39. The summed E-state index contributed by atoms with van der Waals surface area (Å²) in [5.41, 5.74) is 3.02. The monoisotopic (exact) mass is 447 g/mol. The maximum Gasteiger partial charge on any atom is 0.435 e. The van der Waals surface area contributed by atoms with Crippen molar-refractivity contribution in [3.63, 3.8) is 0 Å². The van der Waals surface area contributed by atoms with Crippen LogP contribution in [0.5, 0.6) is 5.88 Å². The van der Waals surface area contributed by atoms with Crippen molar-refractivity contribution in [3.8, 4) is 11.9 Å². The molecule has 1 aromatic heterocycles. The number of hydrogen-bond acceptors (Lipinski definition) is 8. The van der Waals surface area contributed by atoms with E-state index in [2.05, 4.69) is 20.0 Å². The second-order valence-electron chi connectivity index (χ2n) is 8.44. The summed E-state index contributed by atoms with van der Waals surface area (Å²) in [5, 5.41) is 27.7. The number of ether oxygens (including phenoxy) is 1. The molecule has 0 radical (unpaired) electrons. The van der Waals surface area contributed by atoms with Crippen LogP contribution >= 0.6 is 0 Å². The van der Waals surface area contributed by atoms with Crippen molar-refractivity contribution in [2.24, 2.45) is 26.4 Å². The number of azo groups is 1. The zero-order chi connectivity index (χ0) is 25.0. The Morgan fingerprint density at radius 2 is 1.69 bits per heavy atom. The summed E-state index contributed by atoms with van der Waals surface area (Å²) in [6.07, 6.45) is -1.08. The summed E-state index contributed by atoms with van der Waals surface area (Å²) in [6, 6.07) is 0.792. The lowest BCUT2D eigenvalue weighted by molar-refractivity contribution is 0.182. The molecule has 1 aromatic rings. The molecule has 1 heterocycles. The van der Waals surface area contributed by atoms with Crippen molar-refractivity contribution in [2.75, 3.05) is 7.11 Å². The average molecular weight is 447 g/mol. The van der Waals surface area contributed by atoms with Gasteiger partial charge in [0, 0.05) is 23.2 Å². The Morgan fingerprint density at radius 1 is 1.16 bits per heavy atom. The maximum atomic E-state index is 12.9. The van der Waals surface area contributed by atoms with Crippen LogP contribution in [0.1, 0.15) is 60.5 Å². The van der Waals surface area contributed by atoms with Crippen molar-refractivity contribution in [3.05, 3.63) is 32.1 Å². The smallest absolute Gasteiger partial charge is 0.435 e. The molecule has 0 saturated carbocycles. The van der Waals surface area contributed by atoms with Crippen LogP contribution in [-0.2, 0) is 4.74 Å². The number of amidine groups is 1.